The highest BCUT2D eigenvalue weighted by Crippen LogP contribution is 2.67. The van der Waals surface area contributed by atoms with Gasteiger partial charge in [-0.25, -0.2) is 8.37 Å². The molecule has 0 radical (unpaired) electrons. The molecule has 3 saturated carbocycles. The number of aliphatic hydroxyl groups excluding tert-OH is 1. The van der Waals surface area contributed by atoms with Crippen LogP contribution in [-0.2, 0) is 29.2 Å². The Hall–Kier alpha value is -0.820. The molecule has 0 aromatic heterocycles. The van der Waals surface area contributed by atoms with E-state index < -0.39 is 33.0 Å². The molecule has 9 nitrogen and oxygen atoms in total. The molecule has 4 aliphatic carbocycles. The Balaban J connectivity index is 1.57. The van der Waals surface area contributed by atoms with E-state index in [2.05, 4.69) is 45.9 Å². The second-order valence-electron chi connectivity index (χ2n) is 12.9. The van der Waals surface area contributed by atoms with E-state index in [1.807, 2.05) is 0 Å². The molecule has 0 saturated heterocycles. The minimum Gasteiger partial charge on any atom is -0.386 e. The third-order valence-electron chi connectivity index (χ3n) is 10.4. The predicted molar refractivity (Wildman–Crippen MR) is 143 cm³/mol. The van der Waals surface area contributed by atoms with Crippen molar-refractivity contribution in [3.8, 4) is 0 Å². The van der Waals surface area contributed by atoms with Gasteiger partial charge in [-0.05, 0) is 97.4 Å². The first-order chi connectivity index (χ1) is 17.6. The van der Waals surface area contributed by atoms with Gasteiger partial charge in [0.2, 0.25) is 0 Å². The smallest absolute Gasteiger partial charge is 0.386 e. The van der Waals surface area contributed by atoms with Gasteiger partial charge < -0.3 is 5.11 Å². The van der Waals surface area contributed by atoms with Crippen LogP contribution in [0.3, 0.4) is 0 Å². The van der Waals surface area contributed by atoms with E-state index in [9.17, 15) is 26.5 Å². The van der Waals surface area contributed by atoms with Crippen LogP contribution in [0.1, 0.15) is 79.1 Å². The zero-order valence-corrected chi connectivity index (χ0v) is 24.5. The lowest BCUT2D eigenvalue weighted by atomic mass is 9.46. The van der Waals surface area contributed by atoms with Gasteiger partial charge in [0.05, 0.1) is 6.61 Å². The highest BCUT2D eigenvalue weighted by Gasteiger charge is 2.60. The molecule has 218 valence electrons. The third kappa shape index (κ3) is 6.09. The molecule has 3 N–H and O–H groups in total. The summed E-state index contributed by atoms with van der Waals surface area (Å²) in [4.78, 5) is 0. The molecule has 0 aromatic carbocycles. The van der Waals surface area contributed by atoms with Gasteiger partial charge in [-0.1, -0.05) is 45.9 Å². The molecule has 4 rings (SSSR count). The number of hydrogen-bond donors (Lipinski definition) is 3. The Morgan fingerprint density at radius 3 is 2.37 bits per heavy atom. The number of fused-ring (bicyclic) bond motifs is 5. The Kier molecular flexibility index (Phi) is 8.62. The lowest BCUT2D eigenvalue weighted by molar-refractivity contribution is -0.0761. The van der Waals surface area contributed by atoms with E-state index >= 15 is 0 Å². The zero-order valence-electron chi connectivity index (χ0n) is 22.8. The van der Waals surface area contributed by atoms with Gasteiger partial charge in [0, 0.05) is 5.92 Å². The van der Waals surface area contributed by atoms with Crippen LogP contribution in [0.5, 0.6) is 0 Å². The highest BCUT2D eigenvalue weighted by molar-refractivity contribution is 7.81. The van der Waals surface area contributed by atoms with Crippen molar-refractivity contribution in [3.05, 3.63) is 23.8 Å². The van der Waals surface area contributed by atoms with Gasteiger partial charge in [-0.3, -0.25) is 9.11 Å². The topological polar surface area (TPSA) is 147 Å². The standard InChI is InChI=1S/C27H44O9S2/c1-17(2)6-5-7-18(16-35-37(29,30)31)20-10-11-21-19-8-9-23-25(28)24(36-38(32,33)34)13-15-27(23,4)22(19)12-14-26(20,21)3/h5,7,9,17-22,24-25,28H,6,8,10-16H2,1-4H3,(H,29,30,31)(H,32,33,34)/b7-5+/t18?,19?,20-,21?,22?,24-,25-,26-,27-/m1/s1. The van der Waals surface area contributed by atoms with Crippen molar-refractivity contribution in [1.29, 1.82) is 0 Å². The first-order valence-corrected chi connectivity index (χ1v) is 16.6. The number of aliphatic hydroxyl groups is 1. The summed E-state index contributed by atoms with van der Waals surface area (Å²) in [6.45, 7) is 8.70. The average Bonchev–Trinajstić information content (AvgIpc) is 3.14. The van der Waals surface area contributed by atoms with Crippen LogP contribution in [0.25, 0.3) is 0 Å². The van der Waals surface area contributed by atoms with E-state index in [1.54, 1.807) is 0 Å². The van der Waals surface area contributed by atoms with Crippen LogP contribution in [0, 0.1) is 46.3 Å². The van der Waals surface area contributed by atoms with Gasteiger partial charge in [0.15, 0.2) is 0 Å². The molecule has 4 unspecified atom stereocenters. The van der Waals surface area contributed by atoms with Crippen molar-refractivity contribution < 1.29 is 39.4 Å². The SMILES string of the molecule is CC(C)C/C=C/C(COS(=O)(=O)O)[C@H]1CCC2C3CC=C4[C@@H](O)[C@H](OS(=O)(=O)O)CC[C@]4(C)C3CC[C@@]21C. The molecular weight excluding hydrogens is 532 g/mol. The first-order valence-electron chi connectivity index (χ1n) is 13.9. The normalized spacial score (nSPS) is 40.5. The zero-order chi connectivity index (χ0) is 28.1. The minimum atomic E-state index is -4.65. The van der Waals surface area contributed by atoms with Gasteiger partial charge in [-0.15, -0.1) is 0 Å². The summed E-state index contributed by atoms with van der Waals surface area (Å²) in [6.07, 6.45) is 10.8. The summed E-state index contributed by atoms with van der Waals surface area (Å²) < 4.78 is 73.5. The van der Waals surface area contributed by atoms with Crippen molar-refractivity contribution >= 4 is 20.8 Å². The molecule has 11 heteroatoms. The highest BCUT2D eigenvalue weighted by atomic mass is 32.3. The van der Waals surface area contributed by atoms with E-state index in [1.165, 1.54) is 0 Å². The van der Waals surface area contributed by atoms with E-state index in [0.717, 1.165) is 44.1 Å². The largest absolute Gasteiger partial charge is 0.397 e. The minimum absolute atomic E-state index is 0.0117. The molecule has 9 atom stereocenters. The molecule has 0 bridgehead atoms. The third-order valence-corrected chi connectivity index (χ3v) is 11.3. The molecule has 0 aromatic rings. The van der Waals surface area contributed by atoms with Crippen LogP contribution in [-0.4, -0.2) is 49.9 Å². The monoisotopic (exact) mass is 576 g/mol. The summed E-state index contributed by atoms with van der Waals surface area (Å²) in [5.41, 5.74) is 0.543. The number of allylic oxidation sites excluding steroid dienone is 2. The molecule has 38 heavy (non-hydrogen) atoms. The van der Waals surface area contributed by atoms with Gasteiger partial charge in [0.1, 0.15) is 12.2 Å². The molecular formula is C27H44O9S2. The maximum Gasteiger partial charge on any atom is 0.397 e. The molecule has 0 spiro atoms. The Morgan fingerprint density at radius 2 is 1.74 bits per heavy atom. The Morgan fingerprint density at radius 1 is 1.03 bits per heavy atom. The van der Waals surface area contributed by atoms with Crippen molar-refractivity contribution in [2.24, 2.45) is 46.3 Å². The fraction of sp³-hybridized carbons (Fsp3) is 0.852. The molecule has 4 aliphatic rings. The average molecular weight is 577 g/mol. The fourth-order valence-corrected chi connectivity index (χ4v) is 9.55. The number of hydrogen-bond acceptors (Lipinski definition) is 7. The van der Waals surface area contributed by atoms with Crippen molar-refractivity contribution in [2.45, 2.75) is 91.3 Å². The van der Waals surface area contributed by atoms with Crippen LogP contribution >= 0.6 is 0 Å². The van der Waals surface area contributed by atoms with E-state index in [0.29, 0.717) is 36.5 Å². The Labute approximate surface area is 228 Å². The Bertz CT molecular complexity index is 1150. The molecule has 3 fully saturated rings. The summed E-state index contributed by atoms with van der Waals surface area (Å²) in [5.74, 6) is 1.75. The fourth-order valence-electron chi connectivity index (χ4n) is 8.70. The number of rotatable bonds is 9. The lowest BCUT2D eigenvalue weighted by Gasteiger charge is -2.59. The van der Waals surface area contributed by atoms with Crippen LogP contribution in [0.2, 0.25) is 0 Å². The van der Waals surface area contributed by atoms with Gasteiger partial charge >= 0.3 is 20.8 Å². The van der Waals surface area contributed by atoms with Crippen molar-refractivity contribution in [1.82, 2.24) is 0 Å². The van der Waals surface area contributed by atoms with Gasteiger partial charge in [0.25, 0.3) is 0 Å². The second-order valence-corrected chi connectivity index (χ2v) is 15.0. The summed E-state index contributed by atoms with van der Waals surface area (Å²) in [6, 6.07) is 0. The van der Waals surface area contributed by atoms with Crippen molar-refractivity contribution in [2.75, 3.05) is 6.61 Å². The lowest BCUT2D eigenvalue weighted by Crippen LogP contribution is -2.54. The summed E-state index contributed by atoms with van der Waals surface area (Å²) in [5, 5.41) is 11.0. The molecule has 0 amide bonds. The van der Waals surface area contributed by atoms with Crippen LogP contribution in [0.15, 0.2) is 23.8 Å². The van der Waals surface area contributed by atoms with Crippen LogP contribution < -0.4 is 0 Å². The first kappa shape index (κ1) is 30.1. The summed E-state index contributed by atoms with van der Waals surface area (Å²) >= 11 is 0. The maximum absolute atomic E-state index is 11.4. The van der Waals surface area contributed by atoms with Crippen LogP contribution in [0.4, 0.5) is 0 Å². The van der Waals surface area contributed by atoms with E-state index in [4.69, 9.17) is 12.9 Å². The second kappa shape index (κ2) is 10.9. The molecule has 0 heterocycles. The molecule has 0 aliphatic heterocycles. The summed E-state index contributed by atoms with van der Waals surface area (Å²) in [7, 11) is -9.18. The predicted octanol–water partition coefficient (Wildman–Crippen LogP) is 4.76. The quantitative estimate of drug-likeness (QED) is 0.261. The van der Waals surface area contributed by atoms with E-state index in [-0.39, 0.29) is 29.3 Å². The van der Waals surface area contributed by atoms with Gasteiger partial charge in [-0.2, -0.15) is 16.8 Å². The van der Waals surface area contributed by atoms with Crippen molar-refractivity contribution in [3.63, 3.8) is 0 Å². The maximum atomic E-state index is 11.4.